The highest BCUT2D eigenvalue weighted by molar-refractivity contribution is 5.95. The van der Waals surface area contributed by atoms with Gasteiger partial charge >= 0.3 is 0 Å². The zero-order valence-electron chi connectivity index (χ0n) is 17.4. The van der Waals surface area contributed by atoms with Crippen molar-refractivity contribution in [3.05, 3.63) is 63.3 Å². The van der Waals surface area contributed by atoms with Gasteiger partial charge in [0.25, 0.3) is 5.91 Å². The zero-order valence-corrected chi connectivity index (χ0v) is 17.4. The van der Waals surface area contributed by atoms with E-state index in [2.05, 4.69) is 14.9 Å². The Morgan fingerprint density at radius 3 is 2.79 bits per heavy atom. The fourth-order valence-electron chi connectivity index (χ4n) is 4.21. The zero-order chi connectivity index (χ0) is 20.6. The molecule has 0 aliphatic heterocycles. The minimum Gasteiger partial charge on any atom is -0.383 e. The minimum absolute atomic E-state index is 0.195. The topological polar surface area (TPSA) is 73.2 Å². The monoisotopic (exact) mass is 397 g/mol. The molecule has 3 rings (SSSR count). The molecule has 6 heteroatoms. The van der Waals surface area contributed by atoms with Gasteiger partial charge in [-0.2, -0.15) is 0 Å². The Morgan fingerprint density at radius 2 is 2.10 bits per heavy atom. The van der Waals surface area contributed by atoms with Crippen molar-refractivity contribution < 1.29 is 9.53 Å². The van der Waals surface area contributed by atoms with Gasteiger partial charge in [0.2, 0.25) is 0 Å². The van der Waals surface area contributed by atoms with E-state index in [4.69, 9.17) is 4.74 Å². The third-order valence-corrected chi connectivity index (χ3v) is 5.72. The number of carbonyl (C=O) groups is 1. The summed E-state index contributed by atoms with van der Waals surface area (Å²) in [6, 6.07) is 7.30. The maximum atomic E-state index is 13.0. The average molecular weight is 398 g/mol. The Labute approximate surface area is 172 Å². The molecule has 0 bridgehead atoms. The summed E-state index contributed by atoms with van der Waals surface area (Å²) in [4.78, 5) is 30.1. The van der Waals surface area contributed by atoms with E-state index in [0.717, 1.165) is 36.3 Å². The van der Waals surface area contributed by atoms with E-state index in [1.54, 1.807) is 19.4 Å². The summed E-state index contributed by atoms with van der Waals surface area (Å²) in [7, 11) is 1.67. The number of amides is 1. The van der Waals surface area contributed by atoms with E-state index in [1.165, 1.54) is 12.8 Å². The highest BCUT2D eigenvalue weighted by Gasteiger charge is 2.24. The number of carbonyl (C=O) groups excluding carboxylic acids is 1. The first-order chi connectivity index (χ1) is 14.1. The van der Waals surface area contributed by atoms with Gasteiger partial charge in [-0.1, -0.05) is 31.7 Å². The molecule has 0 aromatic carbocycles. The number of aromatic nitrogens is 2. The number of aryl methyl sites for hydroxylation is 1. The molecule has 0 saturated heterocycles. The third-order valence-electron chi connectivity index (χ3n) is 5.72. The fraction of sp³-hybridized carbons (Fsp3) is 0.522. The molecule has 1 aliphatic carbocycles. The number of hydrogen-bond donors (Lipinski definition) is 1. The molecule has 0 unspecified atom stereocenters. The standard InChI is InChI=1S/C23H31N3O3/c1-17-15-21(27)22(23(28)25-12-10-19-9-5-6-11-24-19)20(26(17)13-14-29-2)16-18-7-3-4-8-18/h5-6,9,11,15,18H,3-4,7-8,10,12-14,16H2,1-2H3,(H,25,28). The smallest absolute Gasteiger partial charge is 0.257 e. The van der Waals surface area contributed by atoms with Gasteiger partial charge in [-0.25, -0.2) is 0 Å². The maximum absolute atomic E-state index is 13.0. The van der Waals surface area contributed by atoms with Crippen LogP contribution in [-0.2, 0) is 24.1 Å². The van der Waals surface area contributed by atoms with Gasteiger partial charge in [0.1, 0.15) is 5.56 Å². The van der Waals surface area contributed by atoms with Crippen molar-refractivity contribution in [1.29, 1.82) is 0 Å². The summed E-state index contributed by atoms with van der Waals surface area (Å²) in [5, 5.41) is 2.93. The molecule has 2 heterocycles. The van der Waals surface area contributed by atoms with Crippen LogP contribution in [0.4, 0.5) is 0 Å². The van der Waals surface area contributed by atoms with Crippen LogP contribution >= 0.6 is 0 Å². The molecule has 29 heavy (non-hydrogen) atoms. The normalized spacial score (nSPS) is 14.3. The molecule has 2 aromatic heterocycles. The Morgan fingerprint density at radius 1 is 1.31 bits per heavy atom. The Hall–Kier alpha value is -2.47. The number of pyridine rings is 2. The van der Waals surface area contributed by atoms with Crippen LogP contribution in [0.15, 0.2) is 35.3 Å². The average Bonchev–Trinajstić information content (AvgIpc) is 3.21. The lowest BCUT2D eigenvalue weighted by molar-refractivity contribution is 0.0950. The van der Waals surface area contributed by atoms with E-state index >= 15 is 0 Å². The first-order valence-electron chi connectivity index (χ1n) is 10.5. The van der Waals surface area contributed by atoms with Gasteiger partial charge in [0, 0.05) is 56.0 Å². The predicted molar refractivity (Wildman–Crippen MR) is 113 cm³/mol. The van der Waals surface area contributed by atoms with Crippen LogP contribution in [0.3, 0.4) is 0 Å². The van der Waals surface area contributed by atoms with Crippen molar-refractivity contribution in [3.63, 3.8) is 0 Å². The van der Waals surface area contributed by atoms with E-state index in [0.29, 0.717) is 37.6 Å². The van der Waals surface area contributed by atoms with Crippen molar-refractivity contribution in [2.24, 2.45) is 5.92 Å². The van der Waals surface area contributed by atoms with Gasteiger partial charge in [-0.3, -0.25) is 14.6 Å². The lowest BCUT2D eigenvalue weighted by Gasteiger charge is -2.22. The molecule has 1 aliphatic rings. The van der Waals surface area contributed by atoms with Crippen LogP contribution in [-0.4, -0.2) is 35.7 Å². The molecule has 2 aromatic rings. The van der Waals surface area contributed by atoms with Crippen LogP contribution in [0, 0.1) is 12.8 Å². The molecular formula is C23H31N3O3. The number of methoxy groups -OCH3 is 1. The van der Waals surface area contributed by atoms with Gasteiger partial charge < -0.3 is 14.6 Å². The lowest BCUT2D eigenvalue weighted by atomic mass is 9.97. The van der Waals surface area contributed by atoms with Crippen molar-refractivity contribution in [2.75, 3.05) is 20.3 Å². The second kappa shape index (κ2) is 10.3. The van der Waals surface area contributed by atoms with Gasteiger partial charge in [0.05, 0.1) is 6.61 Å². The number of hydrogen-bond acceptors (Lipinski definition) is 4. The largest absolute Gasteiger partial charge is 0.383 e. The first kappa shape index (κ1) is 21.2. The number of nitrogens with one attached hydrogen (secondary N) is 1. The SMILES string of the molecule is COCCn1c(C)cc(=O)c(C(=O)NCCc2ccccn2)c1CC1CCCC1. The van der Waals surface area contributed by atoms with Crippen LogP contribution in [0.1, 0.15) is 53.1 Å². The molecule has 156 valence electrons. The summed E-state index contributed by atoms with van der Waals surface area (Å²) < 4.78 is 7.36. The van der Waals surface area contributed by atoms with Crippen LogP contribution in [0.5, 0.6) is 0 Å². The lowest BCUT2D eigenvalue weighted by Crippen LogP contribution is -2.34. The molecule has 6 nitrogen and oxygen atoms in total. The highest BCUT2D eigenvalue weighted by atomic mass is 16.5. The summed E-state index contributed by atoms with van der Waals surface area (Å²) in [5.41, 5.74) is 2.75. The summed E-state index contributed by atoms with van der Waals surface area (Å²) >= 11 is 0. The Bertz CT molecular complexity index is 871. The molecule has 1 saturated carbocycles. The van der Waals surface area contributed by atoms with Gasteiger partial charge in [-0.05, 0) is 31.4 Å². The maximum Gasteiger partial charge on any atom is 0.257 e. The van der Waals surface area contributed by atoms with Crippen molar-refractivity contribution in [1.82, 2.24) is 14.9 Å². The second-order valence-electron chi connectivity index (χ2n) is 7.80. The van der Waals surface area contributed by atoms with E-state index in [1.807, 2.05) is 25.1 Å². The minimum atomic E-state index is -0.287. The molecule has 1 amide bonds. The van der Waals surface area contributed by atoms with Gasteiger partial charge in [0.15, 0.2) is 5.43 Å². The molecule has 1 N–H and O–H groups in total. The predicted octanol–water partition coefficient (Wildman–Crippen LogP) is 2.90. The van der Waals surface area contributed by atoms with E-state index < -0.39 is 0 Å². The summed E-state index contributed by atoms with van der Waals surface area (Å²) in [6.45, 7) is 3.56. The molecule has 1 fully saturated rings. The molecule has 0 spiro atoms. The number of rotatable bonds is 9. The van der Waals surface area contributed by atoms with Crippen LogP contribution < -0.4 is 10.7 Å². The van der Waals surface area contributed by atoms with Crippen molar-refractivity contribution in [2.45, 2.75) is 52.0 Å². The quantitative estimate of drug-likeness (QED) is 0.706. The van der Waals surface area contributed by atoms with Crippen molar-refractivity contribution in [3.8, 4) is 0 Å². The molecule has 0 atom stereocenters. The third kappa shape index (κ3) is 5.54. The Kier molecular flexibility index (Phi) is 7.58. The van der Waals surface area contributed by atoms with Crippen LogP contribution in [0.25, 0.3) is 0 Å². The van der Waals surface area contributed by atoms with Crippen LogP contribution in [0.2, 0.25) is 0 Å². The summed E-state index contributed by atoms with van der Waals surface area (Å²) in [6.07, 6.45) is 7.91. The Balaban J connectivity index is 1.84. The summed E-state index contributed by atoms with van der Waals surface area (Å²) in [5.74, 6) is 0.246. The highest BCUT2D eigenvalue weighted by Crippen LogP contribution is 2.29. The second-order valence-corrected chi connectivity index (χ2v) is 7.80. The molecule has 0 radical (unpaired) electrons. The number of nitrogens with zero attached hydrogens (tertiary/aromatic N) is 2. The van der Waals surface area contributed by atoms with E-state index in [9.17, 15) is 9.59 Å². The van der Waals surface area contributed by atoms with Crippen molar-refractivity contribution >= 4 is 5.91 Å². The molecular weight excluding hydrogens is 366 g/mol. The van der Waals surface area contributed by atoms with Gasteiger partial charge in [-0.15, -0.1) is 0 Å². The first-order valence-corrected chi connectivity index (χ1v) is 10.5. The van der Waals surface area contributed by atoms with E-state index in [-0.39, 0.29) is 11.3 Å². The number of ether oxygens (including phenoxy) is 1. The fourth-order valence-corrected chi connectivity index (χ4v) is 4.21.